The Kier molecular flexibility index (Phi) is 3.97. The van der Waals surface area contributed by atoms with Gasteiger partial charge in [-0.2, -0.15) is 0 Å². The van der Waals surface area contributed by atoms with Gasteiger partial charge in [-0.3, -0.25) is 4.90 Å². The molecule has 0 aliphatic carbocycles. The summed E-state index contributed by atoms with van der Waals surface area (Å²) < 4.78 is 10.5. The molecule has 2 heterocycles. The molecule has 2 N–H and O–H groups in total. The van der Waals surface area contributed by atoms with Crippen LogP contribution in [0.5, 0.6) is 0 Å². The summed E-state index contributed by atoms with van der Waals surface area (Å²) in [6, 6.07) is 0. The normalized spacial score (nSPS) is 31.8. The molecule has 0 spiro atoms. The van der Waals surface area contributed by atoms with E-state index in [4.69, 9.17) is 15.2 Å². The number of hydrogen-bond donors (Lipinski definition) is 1. The maximum absolute atomic E-state index is 6.27. The van der Waals surface area contributed by atoms with Crippen LogP contribution >= 0.6 is 0 Å². The highest BCUT2D eigenvalue weighted by molar-refractivity contribution is 5.08. The average molecular weight is 226 g/mol. The Hall–Kier alpha value is -0.420. The van der Waals surface area contributed by atoms with Crippen LogP contribution in [0.3, 0.4) is 0 Å². The lowest BCUT2D eigenvalue weighted by Gasteiger charge is -2.33. The van der Waals surface area contributed by atoms with Gasteiger partial charge in [0.25, 0.3) is 0 Å². The van der Waals surface area contributed by atoms with Crippen molar-refractivity contribution < 1.29 is 9.47 Å². The first-order chi connectivity index (χ1) is 7.72. The summed E-state index contributed by atoms with van der Waals surface area (Å²) in [5, 5.41) is 0. The highest BCUT2D eigenvalue weighted by atomic mass is 16.5. The third kappa shape index (κ3) is 3.04. The molecule has 92 valence electrons. The van der Waals surface area contributed by atoms with Gasteiger partial charge in [-0.25, -0.2) is 0 Å². The number of methoxy groups -OCH3 is 1. The van der Waals surface area contributed by atoms with E-state index in [-0.39, 0.29) is 5.54 Å². The van der Waals surface area contributed by atoms with E-state index in [0.29, 0.717) is 6.61 Å². The predicted octanol–water partition coefficient (Wildman–Crippen LogP) is 0.383. The molecule has 0 saturated carbocycles. The minimum absolute atomic E-state index is 0.118. The van der Waals surface area contributed by atoms with Gasteiger partial charge in [-0.15, -0.1) is 0 Å². The van der Waals surface area contributed by atoms with Crippen molar-refractivity contribution in [1.82, 2.24) is 4.90 Å². The zero-order valence-corrected chi connectivity index (χ0v) is 10.1. The minimum atomic E-state index is -0.118. The van der Waals surface area contributed by atoms with Crippen LogP contribution in [-0.4, -0.2) is 57.0 Å². The summed E-state index contributed by atoms with van der Waals surface area (Å²) in [5.41, 5.74) is 7.56. The molecule has 4 nitrogen and oxygen atoms in total. The molecule has 0 bridgehead atoms. The second-order valence-electron chi connectivity index (χ2n) is 4.95. The Balaban J connectivity index is 1.80. The molecular weight excluding hydrogens is 204 g/mol. The topological polar surface area (TPSA) is 47.7 Å². The molecule has 2 rings (SSSR count). The van der Waals surface area contributed by atoms with Crippen molar-refractivity contribution in [3.05, 3.63) is 11.6 Å². The van der Waals surface area contributed by atoms with E-state index in [1.165, 1.54) is 5.57 Å². The molecule has 0 aromatic heterocycles. The molecule has 1 unspecified atom stereocenters. The zero-order valence-electron chi connectivity index (χ0n) is 10.1. The van der Waals surface area contributed by atoms with Gasteiger partial charge in [0, 0.05) is 33.4 Å². The first kappa shape index (κ1) is 12.0. The van der Waals surface area contributed by atoms with E-state index in [1.807, 2.05) is 0 Å². The first-order valence-corrected chi connectivity index (χ1v) is 5.98. The maximum Gasteiger partial charge on any atom is 0.0673 e. The Morgan fingerprint density at radius 3 is 3.06 bits per heavy atom. The van der Waals surface area contributed by atoms with Gasteiger partial charge in [-0.05, 0) is 18.4 Å². The van der Waals surface area contributed by atoms with E-state index < -0.39 is 0 Å². The fraction of sp³-hybridized carbons (Fsp3) is 0.833. The highest BCUT2D eigenvalue weighted by Crippen LogP contribution is 2.19. The molecule has 4 heteroatoms. The Bertz CT molecular complexity index is 260. The van der Waals surface area contributed by atoms with Gasteiger partial charge in [0.1, 0.15) is 0 Å². The summed E-state index contributed by atoms with van der Waals surface area (Å²) in [6.45, 7) is 5.33. The third-order valence-electron chi connectivity index (χ3n) is 3.39. The molecule has 1 fully saturated rings. The van der Waals surface area contributed by atoms with Crippen molar-refractivity contribution in [2.75, 3.05) is 46.6 Å². The van der Waals surface area contributed by atoms with Crippen LogP contribution in [0, 0.1) is 0 Å². The van der Waals surface area contributed by atoms with Crippen molar-refractivity contribution >= 4 is 0 Å². The Labute approximate surface area is 97.4 Å². The quantitative estimate of drug-likeness (QED) is 0.704. The van der Waals surface area contributed by atoms with Crippen molar-refractivity contribution in [2.24, 2.45) is 5.73 Å². The lowest BCUT2D eigenvalue weighted by atomic mass is 9.98. The zero-order chi connectivity index (χ0) is 11.4. The van der Waals surface area contributed by atoms with Crippen LogP contribution in [0.4, 0.5) is 0 Å². The molecule has 2 aliphatic rings. The van der Waals surface area contributed by atoms with E-state index in [9.17, 15) is 0 Å². The number of ether oxygens (including phenoxy) is 2. The molecule has 0 aromatic rings. The summed E-state index contributed by atoms with van der Waals surface area (Å²) in [7, 11) is 1.75. The van der Waals surface area contributed by atoms with E-state index in [0.717, 1.165) is 45.7 Å². The van der Waals surface area contributed by atoms with Crippen LogP contribution in [-0.2, 0) is 9.47 Å². The number of rotatable bonds is 4. The van der Waals surface area contributed by atoms with E-state index >= 15 is 0 Å². The van der Waals surface area contributed by atoms with Crippen molar-refractivity contribution in [1.29, 1.82) is 0 Å². The van der Waals surface area contributed by atoms with Gasteiger partial charge >= 0.3 is 0 Å². The molecule has 0 aromatic carbocycles. The van der Waals surface area contributed by atoms with Gasteiger partial charge in [0.2, 0.25) is 0 Å². The second kappa shape index (κ2) is 5.27. The SMILES string of the molecule is COCC1=CCN(CC2(N)CCOC2)CC1. The maximum atomic E-state index is 6.27. The van der Waals surface area contributed by atoms with Gasteiger partial charge < -0.3 is 15.2 Å². The number of hydrogen-bond acceptors (Lipinski definition) is 4. The van der Waals surface area contributed by atoms with E-state index in [1.54, 1.807) is 7.11 Å². The van der Waals surface area contributed by atoms with Crippen LogP contribution in [0.15, 0.2) is 11.6 Å². The number of nitrogens with two attached hydrogens (primary N) is 1. The fourth-order valence-corrected chi connectivity index (χ4v) is 2.41. The minimum Gasteiger partial charge on any atom is -0.380 e. The summed E-state index contributed by atoms with van der Waals surface area (Å²) in [5.74, 6) is 0. The van der Waals surface area contributed by atoms with Crippen LogP contribution in [0.25, 0.3) is 0 Å². The van der Waals surface area contributed by atoms with Gasteiger partial charge in [0.15, 0.2) is 0 Å². The van der Waals surface area contributed by atoms with Gasteiger partial charge in [-0.1, -0.05) is 6.08 Å². The Morgan fingerprint density at radius 2 is 2.50 bits per heavy atom. The molecule has 0 amide bonds. The molecule has 0 radical (unpaired) electrons. The Morgan fingerprint density at radius 1 is 1.62 bits per heavy atom. The molecule has 1 saturated heterocycles. The van der Waals surface area contributed by atoms with Crippen molar-refractivity contribution in [3.63, 3.8) is 0 Å². The average Bonchev–Trinajstić information content (AvgIpc) is 2.68. The smallest absolute Gasteiger partial charge is 0.0673 e. The van der Waals surface area contributed by atoms with Gasteiger partial charge in [0.05, 0.1) is 18.8 Å². The van der Waals surface area contributed by atoms with Crippen LogP contribution in [0.2, 0.25) is 0 Å². The monoisotopic (exact) mass is 226 g/mol. The lowest BCUT2D eigenvalue weighted by Crippen LogP contribution is -2.51. The largest absolute Gasteiger partial charge is 0.380 e. The van der Waals surface area contributed by atoms with E-state index in [2.05, 4.69) is 11.0 Å². The predicted molar refractivity (Wildman–Crippen MR) is 63.4 cm³/mol. The first-order valence-electron chi connectivity index (χ1n) is 5.98. The molecular formula is C12H22N2O2. The molecule has 1 atom stereocenters. The third-order valence-corrected chi connectivity index (χ3v) is 3.39. The summed E-state index contributed by atoms with van der Waals surface area (Å²) in [6.07, 6.45) is 4.36. The lowest BCUT2D eigenvalue weighted by molar-refractivity contribution is 0.153. The summed E-state index contributed by atoms with van der Waals surface area (Å²) >= 11 is 0. The van der Waals surface area contributed by atoms with Crippen LogP contribution < -0.4 is 5.73 Å². The standard InChI is InChI=1S/C12H22N2O2/c1-15-8-11-2-5-14(6-3-11)9-12(13)4-7-16-10-12/h2H,3-10,13H2,1H3. The highest BCUT2D eigenvalue weighted by Gasteiger charge is 2.32. The van der Waals surface area contributed by atoms with Crippen molar-refractivity contribution in [3.8, 4) is 0 Å². The summed E-state index contributed by atoms with van der Waals surface area (Å²) in [4.78, 5) is 2.41. The van der Waals surface area contributed by atoms with Crippen LogP contribution in [0.1, 0.15) is 12.8 Å². The fourth-order valence-electron chi connectivity index (χ4n) is 2.41. The van der Waals surface area contributed by atoms with Crippen molar-refractivity contribution in [2.45, 2.75) is 18.4 Å². The second-order valence-corrected chi connectivity index (χ2v) is 4.95. The molecule has 2 aliphatic heterocycles. The molecule has 16 heavy (non-hydrogen) atoms. The number of nitrogens with zero attached hydrogens (tertiary/aromatic N) is 1.